The highest BCUT2D eigenvalue weighted by molar-refractivity contribution is 6.12. The van der Waals surface area contributed by atoms with Crippen LogP contribution in [0.5, 0.6) is 5.75 Å². The Hall–Kier alpha value is -3.15. The number of carbonyl (C=O) groups excluding carboxylic acids is 2. The Morgan fingerprint density at radius 1 is 1.19 bits per heavy atom. The minimum Gasteiger partial charge on any atom is -0.449 e. The molecule has 0 unspecified atom stereocenters. The topological polar surface area (TPSA) is 58.6 Å². The Balaban J connectivity index is 1.67. The van der Waals surface area contributed by atoms with Gasteiger partial charge in [0.1, 0.15) is 12.4 Å². The Kier molecular flexibility index (Phi) is 4.16. The zero-order valence-electron chi connectivity index (χ0n) is 13.9. The largest absolute Gasteiger partial charge is 0.449 e. The first-order valence-electron chi connectivity index (χ1n) is 8.46. The van der Waals surface area contributed by atoms with Crippen molar-refractivity contribution < 1.29 is 18.7 Å². The van der Waals surface area contributed by atoms with Crippen LogP contribution in [-0.2, 0) is 9.59 Å². The van der Waals surface area contributed by atoms with E-state index >= 15 is 0 Å². The summed E-state index contributed by atoms with van der Waals surface area (Å²) in [5.41, 5.74) is 0.770. The number of fused-ring (bicyclic) bond motifs is 1. The van der Waals surface area contributed by atoms with E-state index in [1.165, 1.54) is 17.0 Å². The molecule has 2 aromatic carbocycles. The minimum atomic E-state index is -0.474. The van der Waals surface area contributed by atoms with Crippen LogP contribution in [0.2, 0.25) is 0 Å². The Morgan fingerprint density at radius 2 is 1.92 bits per heavy atom. The summed E-state index contributed by atoms with van der Waals surface area (Å²) < 4.78 is 19.6. The average molecular weight is 352 g/mol. The first-order chi connectivity index (χ1) is 12.6. The molecule has 0 radical (unpaired) electrons. The van der Waals surface area contributed by atoms with Crippen molar-refractivity contribution in [2.45, 2.75) is 18.9 Å². The lowest BCUT2D eigenvalue weighted by Gasteiger charge is -2.30. The highest BCUT2D eigenvalue weighted by atomic mass is 19.1. The van der Waals surface area contributed by atoms with E-state index in [-0.39, 0.29) is 29.8 Å². The van der Waals surface area contributed by atoms with Gasteiger partial charge in [-0.2, -0.15) is 0 Å². The Labute approximate surface area is 150 Å². The van der Waals surface area contributed by atoms with E-state index in [9.17, 15) is 14.0 Å². The van der Waals surface area contributed by atoms with Crippen molar-refractivity contribution in [1.82, 2.24) is 5.32 Å². The third kappa shape index (κ3) is 3.31. The summed E-state index contributed by atoms with van der Waals surface area (Å²) in [6.45, 7) is -0.107. The molecule has 1 heterocycles. The number of carbonyl (C=O) groups is 2. The number of hydrogen-bond donors (Lipinski definition) is 1. The number of anilines is 1. The second-order valence-corrected chi connectivity index (χ2v) is 6.33. The second kappa shape index (κ2) is 6.63. The van der Waals surface area contributed by atoms with E-state index < -0.39 is 11.7 Å². The van der Waals surface area contributed by atoms with Gasteiger partial charge in [0, 0.05) is 11.6 Å². The number of nitrogens with one attached hydrogen (secondary N) is 1. The van der Waals surface area contributed by atoms with Crippen LogP contribution in [0.25, 0.3) is 6.08 Å². The van der Waals surface area contributed by atoms with Gasteiger partial charge in [-0.25, -0.2) is 4.39 Å². The lowest BCUT2D eigenvalue weighted by atomic mass is 10.1. The second-order valence-electron chi connectivity index (χ2n) is 6.33. The van der Waals surface area contributed by atoms with Gasteiger partial charge in [-0.15, -0.1) is 0 Å². The van der Waals surface area contributed by atoms with Gasteiger partial charge in [0.2, 0.25) is 5.91 Å². The Morgan fingerprint density at radius 3 is 2.69 bits per heavy atom. The summed E-state index contributed by atoms with van der Waals surface area (Å²) in [7, 11) is 0. The van der Waals surface area contributed by atoms with Crippen molar-refractivity contribution in [3.8, 4) is 5.75 Å². The molecule has 1 aliphatic heterocycles. The first kappa shape index (κ1) is 16.3. The van der Waals surface area contributed by atoms with Crippen molar-refractivity contribution in [2.24, 2.45) is 0 Å². The van der Waals surface area contributed by atoms with E-state index in [1.54, 1.807) is 42.5 Å². The number of benzene rings is 2. The molecule has 0 atom stereocenters. The predicted octanol–water partition coefficient (Wildman–Crippen LogP) is 2.87. The molecule has 26 heavy (non-hydrogen) atoms. The summed E-state index contributed by atoms with van der Waals surface area (Å²) >= 11 is 0. The van der Waals surface area contributed by atoms with Gasteiger partial charge >= 0.3 is 0 Å². The van der Waals surface area contributed by atoms with Crippen LogP contribution in [0.15, 0.2) is 54.3 Å². The van der Waals surface area contributed by atoms with Crippen LogP contribution >= 0.6 is 0 Å². The van der Waals surface area contributed by atoms with Crippen molar-refractivity contribution in [3.63, 3.8) is 0 Å². The van der Waals surface area contributed by atoms with Crippen LogP contribution in [0.4, 0.5) is 10.1 Å². The fourth-order valence-electron chi connectivity index (χ4n) is 2.80. The molecule has 2 aliphatic rings. The van der Waals surface area contributed by atoms with E-state index in [1.807, 2.05) is 0 Å². The van der Waals surface area contributed by atoms with Gasteiger partial charge in [-0.3, -0.25) is 14.5 Å². The first-order valence-corrected chi connectivity index (χ1v) is 8.46. The van der Waals surface area contributed by atoms with Crippen molar-refractivity contribution >= 4 is 23.6 Å². The highest BCUT2D eigenvalue weighted by Crippen LogP contribution is 2.35. The smallest absolute Gasteiger partial charge is 0.294 e. The number of nitrogens with zero attached hydrogens (tertiary/aromatic N) is 1. The maximum Gasteiger partial charge on any atom is 0.294 e. The van der Waals surface area contributed by atoms with Crippen LogP contribution in [0.3, 0.4) is 0 Å². The quantitative estimate of drug-likeness (QED) is 0.861. The average Bonchev–Trinajstić information content (AvgIpc) is 3.44. The third-order valence-electron chi connectivity index (χ3n) is 4.27. The zero-order valence-corrected chi connectivity index (χ0v) is 13.9. The van der Waals surface area contributed by atoms with Crippen LogP contribution in [-0.4, -0.2) is 24.4 Å². The number of halogens is 1. The number of ether oxygens (including phenoxy) is 1. The van der Waals surface area contributed by atoms with Gasteiger partial charge in [0.25, 0.3) is 5.91 Å². The molecular formula is C20H17FN2O3. The normalized spacial score (nSPS) is 17.7. The van der Waals surface area contributed by atoms with Gasteiger partial charge in [-0.1, -0.05) is 30.3 Å². The summed E-state index contributed by atoms with van der Waals surface area (Å²) in [4.78, 5) is 26.4. The number of hydrogen-bond acceptors (Lipinski definition) is 3. The monoisotopic (exact) mass is 352 g/mol. The lowest BCUT2D eigenvalue weighted by molar-refractivity contribution is -0.123. The van der Waals surface area contributed by atoms with E-state index in [2.05, 4.69) is 5.32 Å². The lowest BCUT2D eigenvalue weighted by Crippen LogP contribution is -2.44. The van der Waals surface area contributed by atoms with E-state index in [4.69, 9.17) is 4.74 Å². The maximum absolute atomic E-state index is 13.9. The van der Waals surface area contributed by atoms with Crippen molar-refractivity contribution in [3.05, 3.63) is 65.7 Å². The molecule has 6 heteroatoms. The van der Waals surface area contributed by atoms with E-state index in [0.29, 0.717) is 11.4 Å². The number of amides is 2. The molecule has 1 saturated carbocycles. The summed E-state index contributed by atoms with van der Waals surface area (Å²) in [5, 5.41) is 2.87. The van der Waals surface area contributed by atoms with E-state index in [0.717, 1.165) is 12.8 Å². The fourth-order valence-corrected chi connectivity index (χ4v) is 2.80. The third-order valence-corrected chi connectivity index (χ3v) is 4.27. The SMILES string of the molecule is O=C(CN1C(=O)C(=Cc2ccccc2F)Oc2ccccc21)NC1CC1. The fraction of sp³-hybridized carbons (Fsp3) is 0.200. The molecule has 1 N–H and O–H groups in total. The molecular weight excluding hydrogens is 335 g/mol. The molecule has 0 spiro atoms. The van der Waals surface area contributed by atoms with Crippen molar-refractivity contribution in [1.29, 1.82) is 0 Å². The standard InChI is InChI=1S/C20H17FN2O3/c21-15-6-2-1-5-13(15)11-18-20(25)23(12-19(24)22-14-9-10-14)16-7-3-4-8-17(16)26-18/h1-8,11,14H,9-10,12H2,(H,22,24). The van der Waals surface area contributed by atoms with Gasteiger partial charge in [0.05, 0.1) is 5.69 Å². The summed E-state index contributed by atoms with van der Waals surface area (Å²) in [6.07, 6.45) is 3.30. The molecule has 1 aliphatic carbocycles. The van der Waals surface area contributed by atoms with Crippen LogP contribution in [0.1, 0.15) is 18.4 Å². The minimum absolute atomic E-state index is 0.0204. The zero-order chi connectivity index (χ0) is 18.1. The summed E-state index contributed by atoms with van der Waals surface area (Å²) in [6, 6.07) is 13.3. The molecule has 1 fully saturated rings. The molecule has 2 amide bonds. The van der Waals surface area contributed by atoms with Crippen LogP contribution < -0.4 is 15.0 Å². The molecule has 0 aromatic heterocycles. The molecule has 132 valence electrons. The van der Waals surface area contributed by atoms with Gasteiger partial charge in [0.15, 0.2) is 11.5 Å². The number of para-hydroxylation sites is 2. The Bertz CT molecular complexity index is 905. The number of rotatable bonds is 4. The molecule has 4 rings (SSSR count). The molecule has 0 saturated heterocycles. The van der Waals surface area contributed by atoms with Gasteiger partial charge in [-0.05, 0) is 37.1 Å². The van der Waals surface area contributed by atoms with Crippen LogP contribution in [0, 0.1) is 5.82 Å². The molecule has 5 nitrogen and oxygen atoms in total. The predicted molar refractivity (Wildman–Crippen MR) is 95.0 cm³/mol. The highest BCUT2D eigenvalue weighted by Gasteiger charge is 2.33. The molecule has 0 bridgehead atoms. The summed E-state index contributed by atoms with van der Waals surface area (Å²) in [5.74, 6) is -0.712. The van der Waals surface area contributed by atoms with Crippen molar-refractivity contribution in [2.75, 3.05) is 11.4 Å². The molecule has 2 aromatic rings. The van der Waals surface area contributed by atoms with Gasteiger partial charge < -0.3 is 10.1 Å². The maximum atomic E-state index is 13.9.